The fourth-order valence-corrected chi connectivity index (χ4v) is 2.43. The lowest BCUT2D eigenvalue weighted by Crippen LogP contribution is -2.20. The van der Waals surface area contributed by atoms with Crippen molar-refractivity contribution in [3.63, 3.8) is 0 Å². The van der Waals surface area contributed by atoms with Gasteiger partial charge in [-0.05, 0) is 55.7 Å². The molecule has 0 aromatic heterocycles. The summed E-state index contributed by atoms with van der Waals surface area (Å²) in [5.74, 6) is 1.38. The Morgan fingerprint density at radius 1 is 1.09 bits per heavy atom. The molecule has 0 spiro atoms. The first-order valence-corrected chi connectivity index (χ1v) is 7.70. The molecule has 122 valence electrons. The molecule has 0 aliphatic heterocycles. The average molecular weight is 313 g/mol. The van der Waals surface area contributed by atoms with Crippen molar-refractivity contribution >= 4 is 11.6 Å². The monoisotopic (exact) mass is 313 g/mol. The van der Waals surface area contributed by atoms with Crippen molar-refractivity contribution in [2.75, 3.05) is 19.0 Å². The van der Waals surface area contributed by atoms with E-state index in [4.69, 9.17) is 9.47 Å². The first kappa shape index (κ1) is 16.9. The lowest BCUT2D eigenvalue weighted by Gasteiger charge is -2.12. The van der Waals surface area contributed by atoms with Crippen LogP contribution < -0.4 is 14.8 Å². The third-order valence-electron chi connectivity index (χ3n) is 3.63. The Morgan fingerprint density at radius 2 is 1.83 bits per heavy atom. The van der Waals surface area contributed by atoms with E-state index in [1.165, 1.54) is 5.56 Å². The fourth-order valence-electron chi connectivity index (χ4n) is 2.43. The van der Waals surface area contributed by atoms with Gasteiger partial charge < -0.3 is 14.8 Å². The number of carbonyl (C=O) groups excluding carboxylic acids is 1. The van der Waals surface area contributed by atoms with Crippen LogP contribution in [0.25, 0.3) is 0 Å². The number of hydrogen-bond donors (Lipinski definition) is 1. The summed E-state index contributed by atoms with van der Waals surface area (Å²) in [5, 5.41) is 2.85. The van der Waals surface area contributed by atoms with Crippen LogP contribution in [-0.4, -0.2) is 19.6 Å². The van der Waals surface area contributed by atoms with Crippen molar-refractivity contribution in [3.05, 3.63) is 53.1 Å². The highest BCUT2D eigenvalue weighted by Crippen LogP contribution is 2.23. The number of anilines is 1. The van der Waals surface area contributed by atoms with Crippen LogP contribution in [-0.2, 0) is 11.2 Å². The summed E-state index contributed by atoms with van der Waals surface area (Å²) in [4.78, 5) is 12.1. The van der Waals surface area contributed by atoms with E-state index >= 15 is 0 Å². The number of benzene rings is 2. The van der Waals surface area contributed by atoms with E-state index in [9.17, 15) is 4.79 Å². The molecule has 0 aliphatic rings. The molecule has 0 radical (unpaired) electrons. The van der Waals surface area contributed by atoms with Crippen molar-refractivity contribution < 1.29 is 14.3 Å². The summed E-state index contributed by atoms with van der Waals surface area (Å²) in [6.45, 7) is 6.03. The molecule has 0 fully saturated rings. The number of rotatable bonds is 6. The van der Waals surface area contributed by atoms with Crippen LogP contribution >= 0.6 is 0 Å². The van der Waals surface area contributed by atoms with Gasteiger partial charge in [0, 0.05) is 5.69 Å². The van der Waals surface area contributed by atoms with Crippen LogP contribution in [0.1, 0.15) is 23.6 Å². The molecule has 0 saturated heterocycles. The molecule has 1 N–H and O–H groups in total. The molecule has 0 atom stereocenters. The van der Waals surface area contributed by atoms with E-state index in [-0.39, 0.29) is 12.5 Å². The molecule has 2 aromatic rings. The van der Waals surface area contributed by atoms with E-state index in [1.54, 1.807) is 7.11 Å². The fraction of sp³-hybridized carbons (Fsp3) is 0.316. The smallest absolute Gasteiger partial charge is 0.262 e. The first-order chi connectivity index (χ1) is 11.0. The van der Waals surface area contributed by atoms with Crippen LogP contribution in [0.2, 0.25) is 0 Å². The maximum absolute atomic E-state index is 12.1. The van der Waals surface area contributed by atoms with Gasteiger partial charge in [-0.2, -0.15) is 0 Å². The second-order valence-electron chi connectivity index (χ2n) is 5.49. The number of amides is 1. The highest BCUT2D eigenvalue weighted by Gasteiger charge is 2.08. The predicted octanol–water partition coefficient (Wildman–Crippen LogP) is 3.89. The molecule has 0 aliphatic carbocycles. The number of aryl methyl sites for hydroxylation is 3. The summed E-state index contributed by atoms with van der Waals surface area (Å²) in [6.07, 6.45) is 0.839. The average Bonchev–Trinajstić information content (AvgIpc) is 2.54. The van der Waals surface area contributed by atoms with Gasteiger partial charge in [0.2, 0.25) is 0 Å². The van der Waals surface area contributed by atoms with Gasteiger partial charge in [-0.25, -0.2) is 0 Å². The summed E-state index contributed by atoms with van der Waals surface area (Å²) >= 11 is 0. The molecule has 0 saturated carbocycles. The molecule has 0 bridgehead atoms. The molecular formula is C19H23NO3. The van der Waals surface area contributed by atoms with Crippen LogP contribution in [0, 0.1) is 13.8 Å². The Balaban J connectivity index is 1.97. The highest BCUT2D eigenvalue weighted by molar-refractivity contribution is 5.92. The predicted molar refractivity (Wildman–Crippen MR) is 92.4 cm³/mol. The molecule has 4 heteroatoms. The lowest BCUT2D eigenvalue weighted by molar-refractivity contribution is -0.118. The topological polar surface area (TPSA) is 47.6 Å². The number of ether oxygens (including phenoxy) is 2. The van der Waals surface area contributed by atoms with Gasteiger partial charge in [0.1, 0.15) is 11.5 Å². The van der Waals surface area contributed by atoms with E-state index < -0.39 is 0 Å². The van der Waals surface area contributed by atoms with Crippen LogP contribution in [0.3, 0.4) is 0 Å². The number of hydrogen-bond acceptors (Lipinski definition) is 3. The minimum Gasteiger partial charge on any atom is -0.496 e. The largest absolute Gasteiger partial charge is 0.496 e. The lowest BCUT2D eigenvalue weighted by atomic mass is 10.1. The Hall–Kier alpha value is -2.49. The van der Waals surface area contributed by atoms with Crippen LogP contribution in [0.5, 0.6) is 11.5 Å². The van der Waals surface area contributed by atoms with E-state index in [2.05, 4.69) is 5.32 Å². The van der Waals surface area contributed by atoms with Crippen LogP contribution in [0.15, 0.2) is 36.4 Å². The molecule has 0 unspecified atom stereocenters. The maximum atomic E-state index is 12.1. The second-order valence-corrected chi connectivity index (χ2v) is 5.49. The Kier molecular flexibility index (Phi) is 5.63. The summed E-state index contributed by atoms with van der Waals surface area (Å²) < 4.78 is 10.9. The van der Waals surface area contributed by atoms with Gasteiger partial charge in [-0.1, -0.05) is 24.6 Å². The van der Waals surface area contributed by atoms with Gasteiger partial charge in [-0.3, -0.25) is 4.79 Å². The standard InChI is InChI=1S/C19H23NO3/c1-5-15-11-16(7-9-18(15)22-4)20-19(21)12-23-17-8-6-13(2)10-14(17)3/h6-11H,5,12H2,1-4H3,(H,20,21). The molecule has 2 aromatic carbocycles. The maximum Gasteiger partial charge on any atom is 0.262 e. The van der Waals surface area contributed by atoms with Gasteiger partial charge in [0.25, 0.3) is 5.91 Å². The van der Waals surface area contributed by atoms with E-state index in [1.807, 2.05) is 57.2 Å². The van der Waals surface area contributed by atoms with Crippen molar-refractivity contribution in [3.8, 4) is 11.5 Å². The zero-order chi connectivity index (χ0) is 16.8. The Morgan fingerprint density at radius 3 is 2.48 bits per heavy atom. The SMILES string of the molecule is CCc1cc(NC(=O)COc2ccc(C)cc2C)ccc1OC. The van der Waals surface area contributed by atoms with Crippen molar-refractivity contribution in [1.29, 1.82) is 0 Å². The normalized spacial score (nSPS) is 10.3. The highest BCUT2D eigenvalue weighted by atomic mass is 16.5. The number of carbonyl (C=O) groups is 1. The molecular weight excluding hydrogens is 290 g/mol. The van der Waals surface area contributed by atoms with Gasteiger partial charge in [0.05, 0.1) is 7.11 Å². The van der Waals surface area contributed by atoms with Crippen molar-refractivity contribution in [2.24, 2.45) is 0 Å². The minimum atomic E-state index is -0.183. The summed E-state index contributed by atoms with van der Waals surface area (Å²) in [5.41, 5.74) is 4.00. The zero-order valence-corrected chi connectivity index (χ0v) is 14.1. The Bertz CT molecular complexity index is 695. The second kappa shape index (κ2) is 7.68. The molecule has 4 nitrogen and oxygen atoms in total. The molecule has 0 heterocycles. The number of methoxy groups -OCH3 is 1. The van der Waals surface area contributed by atoms with Crippen molar-refractivity contribution in [2.45, 2.75) is 27.2 Å². The van der Waals surface area contributed by atoms with Gasteiger partial charge >= 0.3 is 0 Å². The molecule has 2 rings (SSSR count). The molecule has 23 heavy (non-hydrogen) atoms. The first-order valence-electron chi connectivity index (χ1n) is 7.70. The zero-order valence-electron chi connectivity index (χ0n) is 14.1. The van der Waals surface area contributed by atoms with E-state index in [0.29, 0.717) is 0 Å². The van der Waals surface area contributed by atoms with E-state index in [0.717, 1.165) is 34.7 Å². The van der Waals surface area contributed by atoms with Gasteiger partial charge in [-0.15, -0.1) is 0 Å². The van der Waals surface area contributed by atoms with Crippen molar-refractivity contribution in [1.82, 2.24) is 0 Å². The minimum absolute atomic E-state index is 0.0165. The van der Waals surface area contributed by atoms with Gasteiger partial charge in [0.15, 0.2) is 6.61 Å². The Labute approximate surface area is 137 Å². The summed E-state index contributed by atoms with van der Waals surface area (Å²) in [7, 11) is 1.64. The third kappa shape index (κ3) is 4.49. The van der Waals surface area contributed by atoms with Crippen LogP contribution in [0.4, 0.5) is 5.69 Å². The third-order valence-corrected chi connectivity index (χ3v) is 3.63. The summed E-state index contributed by atoms with van der Waals surface area (Å²) in [6, 6.07) is 11.5. The molecule has 1 amide bonds. The quantitative estimate of drug-likeness (QED) is 0.880. The number of nitrogens with one attached hydrogen (secondary N) is 1.